The number of rotatable bonds is 1. The minimum atomic E-state index is -0.336. The standard InChI is InChI=1S/C18H22O2S/c1-11-7-8-21-15(11)9-13-10-18(3)14(12(2)17(13)20)5-4-6-16(18)19/h7-9,16,19H,4-6,10H2,1-3H3/b13-9+/t16-,18-/m0/s1. The van der Waals surface area contributed by atoms with E-state index in [9.17, 15) is 9.90 Å². The highest BCUT2D eigenvalue weighted by Gasteiger charge is 2.45. The van der Waals surface area contributed by atoms with Crippen LogP contribution in [0.25, 0.3) is 6.08 Å². The Morgan fingerprint density at radius 2 is 2.19 bits per heavy atom. The first-order valence-electron chi connectivity index (χ1n) is 7.61. The fraction of sp³-hybridized carbons (Fsp3) is 0.500. The molecule has 0 radical (unpaired) electrons. The van der Waals surface area contributed by atoms with Crippen molar-refractivity contribution in [3.05, 3.63) is 38.6 Å². The maximum Gasteiger partial charge on any atom is 0.184 e. The summed E-state index contributed by atoms with van der Waals surface area (Å²) < 4.78 is 0. The maximum absolute atomic E-state index is 12.7. The van der Waals surface area contributed by atoms with Crippen LogP contribution in [0.1, 0.15) is 50.0 Å². The number of aliphatic hydroxyl groups excluding tert-OH is 1. The molecule has 3 rings (SSSR count). The second-order valence-electron chi connectivity index (χ2n) is 6.57. The van der Waals surface area contributed by atoms with E-state index in [1.165, 1.54) is 11.1 Å². The van der Waals surface area contributed by atoms with Crippen molar-refractivity contribution >= 4 is 23.2 Å². The Balaban J connectivity index is 2.07. The quantitative estimate of drug-likeness (QED) is 0.786. The van der Waals surface area contributed by atoms with Crippen molar-refractivity contribution in [2.45, 2.75) is 52.6 Å². The summed E-state index contributed by atoms with van der Waals surface area (Å²) >= 11 is 1.67. The third-order valence-electron chi connectivity index (χ3n) is 5.18. The Morgan fingerprint density at radius 3 is 2.86 bits per heavy atom. The van der Waals surface area contributed by atoms with Gasteiger partial charge in [-0.05, 0) is 68.2 Å². The van der Waals surface area contributed by atoms with Gasteiger partial charge in [-0.2, -0.15) is 0 Å². The molecule has 0 aromatic carbocycles. The minimum absolute atomic E-state index is 0.171. The first-order chi connectivity index (χ1) is 9.93. The third kappa shape index (κ3) is 2.33. The molecule has 2 aliphatic rings. The van der Waals surface area contributed by atoms with Gasteiger partial charge in [0.1, 0.15) is 0 Å². The summed E-state index contributed by atoms with van der Waals surface area (Å²) in [5, 5.41) is 12.6. The van der Waals surface area contributed by atoms with Crippen LogP contribution in [0.4, 0.5) is 0 Å². The Bertz CT molecular complexity index is 650. The summed E-state index contributed by atoms with van der Waals surface area (Å²) in [6.45, 7) is 6.13. The molecule has 1 saturated carbocycles. The number of ketones is 1. The van der Waals surface area contributed by atoms with Crippen molar-refractivity contribution in [2.24, 2.45) is 5.41 Å². The maximum atomic E-state index is 12.7. The van der Waals surface area contributed by atoms with Gasteiger partial charge in [0.05, 0.1) is 6.10 Å². The highest BCUT2D eigenvalue weighted by molar-refractivity contribution is 7.11. The van der Waals surface area contributed by atoms with E-state index in [2.05, 4.69) is 25.3 Å². The molecule has 0 bridgehead atoms. The topological polar surface area (TPSA) is 37.3 Å². The van der Waals surface area contributed by atoms with Crippen molar-refractivity contribution in [2.75, 3.05) is 0 Å². The third-order valence-corrected chi connectivity index (χ3v) is 6.14. The fourth-order valence-electron chi connectivity index (χ4n) is 3.78. The van der Waals surface area contributed by atoms with E-state index >= 15 is 0 Å². The summed E-state index contributed by atoms with van der Waals surface area (Å²) in [7, 11) is 0. The predicted molar refractivity (Wildman–Crippen MR) is 87.3 cm³/mol. The van der Waals surface area contributed by atoms with Gasteiger partial charge >= 0.3 is 0 Å². The van der Waals surface area contributed by atoms with Gasteiger partial charge in [-0.3, -0.25) is 4.79 Å². The van der Waals surface area contributed by atoms with Gasteiger partial charge in [0.15, 0.2) is 5.78 Å². The molecule has 112 valence electrons. The highest BCUT2D eigenvalue weighted by Crippen LogP contribution is 2.50. The van der Waals surface area contributed by atoms with Crippen LogP contribution < -0.4 is 0 Å². The molecular weight excluding hydrogens is 280 g/mol. The fourth-order valence-corrected chi connectivity index (χ4v) is 4.66. The van der Waals surface area contributed by atoms with Crippen LogP contribution in [0.15, 0.2) is 28.2 Å². The number of allylic oxidation sites excluding steroid dienone is 2. The normalized spacial score (nSPS) is 31.7. The van der Waals surface area contributed by atoms with Gasteiger partial charge in [0.2, 0.25) is 0 Å². The molecule has 2 aliphatic carbocycles. The number of Topliss-reactive ketones (excluding diaryl/α,β-unsaturated/α-hetero) is 1. The molecular formula is C18H22O2S. The molecule has 1 aromatic rings. The Kier molecular flexibility index (Phi) is 3.66. The second-order valence-corrected chi connectivity index (χ2v) is 7.52. The number of carbonyl (C=O) groups excluding carboxylic acids is 1. The average molecular weight is 302 g/mol. The van der Waals surface area contributed by atoms with Crippen molar-refractivity contribution in [3.8, 4) is 0 Å². The molecule has 1 heterocycles. The first-order valence-corrected chi connectivity index (χ1v) is 8.49. The van der Waals surface area contributed by atoms with E-state index in [4.69, 9.17) is 0 Å². The van der Waals surface area contributed by atoms with Crippen LogP contribution in [-0.4, -0.2) is 17.0 Å². The number of hydrogen-bond donors (Lipinski definition) is 1. The average Bonchev–Trinajstić information content (AvgIpc) is 2.84. The van der Waals surface area contributed by atoms with Crippen LogP contribution >= 0.6 is 11.3 Å². The van der Waals surface area contributed by atoms with Crippen LogP contribution in [0, 0.1) is 12.3 Å². The van der Waals surface area contributed by atoms with Crippen molar-refractivity contribution in [3.63, 3.8) is 0 Å². The van der Waals surface area contributed by atoms with E-state index in [1.807, 2.05) is 13.0 Å². The lowest BCUT2D eigenvalue weighted by Gasteiger charge is -2.45. The van der Waals surface area contributed by atoms with Crippen LogP contribution in [0.5, 0.6) is 0 Å². The van der Waals surface area contributed by atoms with Gasteiger partial charge in [-0.1, -0.05) is 12.5 Å². The summed E-state index contributed by atoms with van der Waals surface area (Å²) in [5.74, 6) is 0.171. The van der Waals surface area contributed by atoms with E-state index in [-0.39, 0.29) is 17.3 Å². The lowest BCUT2D eigenvalue weighted by molar-refractivity contribution is -0.113. The lowest BCUT2D eigenvalue weighted by atomic mass is 9.61. The van der Waals surface area contributed by atoms with Gasteiger partial charge in [0.25, 0.3) is 0 Å². The predicted octanol–water partition coefficient (Wildman–Crippen LogP) is 4.28. The van der Waals surface area contributed by atoms with E-state index in [0.29, 0.717) is 6.42 Å². The molecule has 0 saturated heterocycles. The minimum Gasteiger partial charge on any atom is -0.392 e. The van der Waals surface area contributed by atoms with E-state index in [1.54, 1.807) is 11.3 Å². The second kappa shape index (κ2) is 5.22. The molecule has 2 nitrogen and oxygen atoms in total. The Morgan fingerprint density at radius 1 is 1.43 bits per heavy atom. The molecule has 1 fully saturated rings. The zero-order chi connectivity index (χ0) is 15.2. The number of fused-ring (bicyclic) bond motifs is 1. The SMILES string of the molecule is CC1=C2CCC[C@H](O)[C@@]2(C)C/C(=C\c2sccc2C)C1=O. The lowest BCUT2D eigenvalue weighted by Crippen LogP contribution is -2.42. The Labute approximate surface area is 130 Å². The molecule has 21 heavy (non-hydrogen) atoms. The first kappa shape index (κ1) is 14.7. The summed E-state index contributed by atoms with van der Waals surface area (Å²) in [6, 6.07) is 2.08. The van der Waals surface area contributed by atoms with Crippen LogP contribution in [0.3, 0.4) is 0 Å². The molecule has 1 N–H and O–H groups in total. The number of thiophene rings is 1. The van der Waals surface area contributed by atoms with Crippen molar-refractivity contribution < 1.29 is 9.90 Å². The van der Waals surface area contributed by atoms with Gasteiger partial charge in [-0.15, -0.1) is 11.3 Å². The number of aliphatic hydroxyl groups is 1. The van der Waals surface area contributed by atoms with Crippen molar-refractivity contribution in [1.29, 1.82) is 0 Å². The summed E-state index contributed by atoms with van der Waals surface area (Å²) in [4.78, 5) is 13.8. The number of hydrogen-bond acceptors (Lipinski definition) is 3. The highest BCUT2D eigenvalue weighted by atomic mass is 32.1. The van der Waals surface area contributed by atoms with Gasteiger partial charge in [-0.25, -0.2) is 0 Å². The van der Waals surface area contributed by atoms with E-state index < -0.39 is 0 Å². The smallest absolute Gasteiger partial charge is 0.184 e. The monoisotopic (exact) mass is 302 g/mol. The molecule has 0 aliphatic heterocycles. The zero-order valence-electron chi connectivity index (χ0n) is 12.9. The molecule has 3 heteroatoms. The summed E-state index contributed by atoms with van der Waals surface area (Å²) in [6.07, 6.45) is 5.15. The number of aryl methyl sites for hydroxylation is 1. The van der Waals surface area contributed by atoms with Crippen LogP contribution in [0.2, 0.25) is 0 Å². The van der Waals surface area contributed by atoms with Gasteiger partial charge < -0.3 is 5.11 Å². The molecule has 0 unspecified atom stereocenters. The molecule has 2 atom stereocenters. The van der Waals surface area contributed by atoms with E-state index in [0.717, 1.165) is 35.3 Å². The van der Waals surface area contributed by atoms with Crippen molar-refractivity contribution in [1.82, 2.24) is 0 Å². The largest absolute Gasteiger partial charge is 0.392 e. The molecule has 0 spiro atoms. The summed E-state index contributed by atoms with van der Waals surface area (Å²) in [5.41, 5.74) is 3.86. The number of carbonyl (C=O) groups is 1. The van der Waals surface area contributed by atoms with Gasteiger partial charge in [0, 0.05) is 15.9 Å². The molecule has 0 amide bonds. The zero-order valence-corrected chi connectivity index (χ0v) is 13.7. The Hall–Kier alpha value is -1.19. The molecule has 1 aromatic heterocycles. The van der Waals surface area contributed by atoms with Crippen LogP contribution in [-0.2, 0) is 4.79 Å².